The maximum absolute atomic E-state index is 5.56. The third-order valence-electron chi connectivity index (χ3n) is 2.18. The van der Waals surface area contributed by atoms with Crippen LogP contribution in [0.4, 0.5) is 5.69 Å². The average Bonchev–Trinajstić information content (AvgIpc) is 2.73. The molecular formula is C11H14N4O. The summed E-state index contributed by atoms with van der Waals surface area (Å²) < 4.78 is 7.22. The fraction of sp³-hybridized carbons (Fsp3) is 0.273. The SMILES string of the molecule is CNc1ccc(OCc2cn(C)nn2)cc1. The molecule has 1 N–H and O–H groups in total. The van der Waals surface area contributed by atoms with Gasteiger partial charge >= 0.3 is 0 Å². The van der Waals surface area contributed by atoms with E-state index >= 15 is 0 Å². The Morgan fingerprint density at radius 2 is 2.06 bits per heavy atom. The summed E-state index contributed by atoms with van der Waals surface area (Å²) in [6.07, 6.45) is 1.84. The van der Waals surface area contributed by atoms with Gasteiger partial charge in [-0.25, -0.2) is 0 Å². The summed E-state index contributed by atoms with van der Waals surface area (Å²) in [5, 5.41) is 10.8. The van der Waals surface area contributed by atoms with Crippen LogP contribution >= 0.6 is 0 Å². The molecule has 0 fully saturated rings. The predicted octanol–water partition coefficient (Wildman–Crippen LogP) is 1.44. The topological polar surface area (TPSA) is 52.0 Å². The smallest absolute Gasteiger partial charge is 0.134 e. The van der Waals surface area contributed by atoms with Crippen LogP contribution in [0.5, 0.6) is 5.75 Å². The van der Waals surface area contributed by atoms with Crippen molar-refractivity contribution < 1.29 is 4.74 Å². The van der Waals surface area contributed by atoms with Gasteiger partial charge in [-0.15, -0.1) is 5.10 Å². The molecule has 1 heterocycles. The largest absolute Gasteiger partial charge is 0.487 e. The van der Waals surface area contributed by atoms with Crippen LogP contribution in [0.25, 0.3) is 0 Å². The zero-order valence-electron chi connectivity index (χ0n) is 9.34. The van der Waals surface area contributed by atoms with Crippen LogP contribution in [-0.2, 0) is 13.7 Å². The van der Waals surface area contributed by atoms with E-state index in [4.69, 9.17) is 4.74 Å². The number of anilines is 1. The van der Waals surface area contributed by atoms with Crippen LogP contribution in [0.15, 0.2) is 30.5 Å². The highest BCUT2D eigenvalue weighted by Gasteiger charge is 1.99. The first-order valence-corrected chi connectivity index (χ1v) is 5.04. The van der Waals surface area contributed by atoms with E-state index in [0.29, 0.717) is 6.61 Å². The van der Waals surface area contributed by atoms with E-state index in [9.17, 15) is 0 Å². The van der Waals surface area contributed by atoms with Gasteiger partial charge in [-0.2, -0.15) is 0 Å². The number of benzene rings is 1. The van der Waals surface area contributed by atoms with Crippen LogP contribution in [0.2, 0.25) is 0 Å². The van der Waals surface area contributed by atoms with E-state index in [-0.39, 0.29) is 0 Å². The van der Waals surface area contributed by atoms with Gasteiger partial charge in [0.25, 0.3) is 0 Å². The molecule has 84 valence electrons. The van der Waals surface area contributed by atoms with Crippen molar-refractivity contribution in [2.75, 3.05) is 12.4 Å². The molecule has 0 amide bonds. The molecule has 0 saturated heterocycles. The zero-order valence-corrected chi connectivity index (χ0v) is 9.34. The van der Waals surface area contributed by atoms with Crippen LogP contribution in [0.3, 0.4) is 0 Å². The Balaban J connectivity index is 1.94. The maximum Gasteiger partial charge on any atom is 0.134 e. The monoisotopic (exact) mass is 218 g/mol. The lowest BCUT2D eigenvalue weighted by atomic mass is 10.3. The van der Waals surface area contributed by atoms with Gasteiger partial charge in [0.15, 0.2) is 0 Å². The predicted molar refractivity (Wildman–Crippen MR) is 61.3 cm³/mol. The van der Waals surface area contributed by atoms with Gasteiger partial charge in [-0.3, -0.25) is 4.68 Å². The summed E-state index contributed by atoms with van der Waals surface area (Å²) in [5.74, 6) is 0.824. The first kappa shape index (κ1) is 10.5. The lowest BCUT2D eigenvalue weighted by Crippen LogP contribution is -1.96. The summed E-state index contributed by atoms with van der Waals surface area (Å²) in [6.45, 7) is 0.437. The van der Waals surface area contributed by atoms with E-state index in [1.54, 1.807) is 4.68 Å². The molecule has 0 radical (unpaired) electrons. The summed E-state index contributed by atoms with van der Waals surface area (Å²) in [7, 11) is 3.72. The number of ether oxygens (including phenoxy) is 1. The van der Waals surface area contributed by atoms with Crippen LogP contribution in [-0.4, -0.2) is 22.0 Å². The molecule has 2 rings (SSSR count). The van der Waals surface area contributed by atoms with E-state index in [1.807, 2.05) is 44.6 Å². The third kappa shape index (κ3) is 2.50. The number of nitrogens with zero attached hydrogens (tertiary/aromatic N) is 3. The Labute approximate surface area is 94.0 Å². The van der Waals surface area contributed by atoms with Crippen molar-refractivity contribution in [3.05, 3.63) is 36.2 Å². The molecule has 0 bridgehead atoms. The highest BCUT2D eigenvalue weighted by molar-refractivity contribution is 5.45. The lowest BCUT2D eigenvalue weighted by Gasteiger charge is -2.04. The van der Waals surface area contributed by atoms with Crippen molar-refractivity contribution in [3.63, 3.8) is 0 Å². The van der Waals surface area contributed by atoms with Gasteiger partial charge in [0.1, 0.15) is 18.1 Å². The quantitative estimate of drug-likeness (QED) is 0.843. The molecule has 5 heteroatoms. The Morgan fingerprint density at radius 1 is 1.31 bits per heavy atom. The van der Waals surface area contributed by atoms with Crippen molar-refractivity contribution in [2.45, 2.75) is 6.61 Å². The standard InChI is InChI=1S/C11H14N4O/c1-12-9-3-5-11(6-4-9)16-8-10-7-15(2)14-13-10/h3-7,12H,8H2,1-2H3. The van der Waals surface area contributed by atoms with E-state index < -0.39 is 0 Å². The molecule has 0 saturated carbocycles. The van der Waals surface area contributed by atoms with Gasteiger partial charge < -0.3 is 10.1 Å². The minimum absolute atomic E-state index is 0.437. The first-order chi connectivity index (χ1) is 7.78. The molecule has 1 aromatic carbocycles. The summed E-state index contributed by atoms with van der Waals surface area (Å²) in [5.41, 5.74) is 1.88. The molecule has 0 unspecified atom stereocenters. The molecule has 2 aromatic rings. The fourth-order valence-corrected chi connectivity index (χ4v) is 1.34. The van der Waals surface area contributed by atoms with E-state index in [1.165, 1.54) is 0 Å². The summed E-state index contributed by atoms with van der Waals surface area (Å²) in [4.78, 5) is 0. The molecule has 1 aromatic heterocycles. The number of nitrogens with one attached hydrogen (secondary N) is 1. The average molecular weight is 218 g/mol. The van der Waals surface area contributed by atoms with Crippen LogP contribution in [0.1, 0.15) is 5.69 Å². The molecule has 0 spiro atoms. The molecule has 0 aliphatic heterocycles. The second kappa shape index (κ2) is 4.65. The number of aryl methyl sites for hydroxylation is 1. The second-order valence-corrected chi connectivity index (χ2v) is 3.45. The van der Waals surface area contributed by atoms with Crippen LogP contribution < -0.4 is 10.1 Å². The normalized spacial score (nSPS) is 10.1. The Kier molecular flexibility index (Phi) is 3.05. The van der Waals surface area contributed by atoms with Crippen molar-refractivity contribution in [1.29, 1.82) is 0 Å². The molecule has 16 heavy (non-hydrogen) atoms. The molecule has 0 atom stereocenters. The molecule has 5 nitrogen and oxygen atoms in total. The Hall–Kier alpha value is -2.04. The van der Waals surface area contributed by atoms with Gasteiger partial charge in [0.05, 0.1) is 6.20 Å². The zero-order chi connectivity index (χ0) is 11.4. The van der Waals surface area contributed by atoms with Gasteiger partial charge in [0.2, 0.25) is 0 Å². The van der Waals surface area contributed by atoms with Gasteiger partial charge in [-0.05, 0) is 24.3 Å². The lowest BCUT2D eigenvalue weighted by molar-refractivity contribution is 0.301. The van der Waals surface area contributed by atoms with Gasteiger partial charge in [-0.1, -0.05) is 5.21 Å². The number of aromatic nitrogens is 3. The minimum Gasteiger partial charge on any atom is -0.487 e. The van der Waals surface area contributed by atoms with Crippen molar-refractivity contribution in [1.82, 2.24) is 15.0 Å². The number of rotatable bonds is 4. The maximum atomic E-state index is 5.56. The Morgan fingerprint density at radius 3 is 2.62 bits per heavy atom. The first-order valence-electron chi connectivity index (χ1n) is 5.04. The third-order valence-corrected chi connectivity index (χ3v) is 2.18. The summed E-state index contributed by atoms with van der Waals surface area (Å²) in [6, 6.07) is 7.77. The number of hydrogen-bond acceptors (Lipinski definition) is 4. The van der Waals surface area contributed by atoms with Gasteiger partial charge in [0, 0.05) is 19.8 Å². The van der Waals surface area contributed by atoms with E-state index in [2.05, 4.69) is 15.6 Å². The highest BCUT2D eigenvalue weighted by Crippen LogP contribution is 2.15. The molecular weight excluding hydrogens is 204 g/mol. The van der Waals surface area contributed by atoms with Crippen molar-refractivity contribution in [3.8, 4) is 5.75 Å². The highest BCUT2D eigenvalue weighted by atomic mass is 16.5. The Bertz CT molecular complexity index is 449. The molecule has 0 aliphatic carbocycles. The second-order valence-electron chi connectivity index (χ2n) is 3.45. The molecule has 0 aliphatic rings. The minimum atomic E-state index is 0.437. The van der Waals surface area contributed by atoms with Crippen molar-refractivity contribution in [2.24, 2.45) is 7.05 Å². The fourth-order valence-electron chi connectivity index (χ4n) is 1.34. The van der Waals surface area contributed by atoms with Crippen molar-refractivity contribution >= 4 is 5.69 Å². The van der Waals surface area contributed by atoms with Crippen LogP contribution in [0, 0.1) is 0 Å². The van der Waals surface area contributed by atoms with E-state index in [0.717, 1.165) is 17.1 Å². The number of hydrogen-bond donors (Lipinski definition) is 1. The summed E-state index contributed by atoms with van der Waals surface area (Å²) >= 11 is 0.